The van der Waals surface area contributed by atoms with E-state index in [-0.39, 0.29) is 5.97 Å². The van der Waals surface area contributed by atoms with Crippen LogP contribution in [-0.4, -0.2) is 5.97 Å². The summed E-state index contributed by atoms with van der Waals surface area (Å²) in [5, 5.41) is 0. The van der Waals surface area contributed by atoms with Gasteiger partial charge in [0.1, 0.15) is 0 Å². The summed E-state index contributed by atoms with van der Waals surface area (Å²) in [6.45, 7) is 4.52. The molecule has 0 aromatic heterocycles. The van der Waals surface area contributed by atoms with E-state index in [1.54, 1.807) is 6.26 Å². The van der Waals surface area contributed by atoms with Crippen LogP contribution in [0.15, 0.2) is 12.3 Å². The number of unbranched alkanes of at least 4 members (excludes halogenated alkanes) is 27. The molecule has 0 aliphatic carbocycles. The van der Waals surface area contributed by atoms with E-state index >= 15 is 0 Å². The maximum atomic E-state index is 11.7. The van der Waals surface area contributed by atoms with Crippen molar-refractivity contribution < 1.29 is 9.53 Å². The smallest absolute Gasteiger partial charge is 0.310 e. The van der Waals surface area contributed by atoms with Crippen molar-refractivity contribution in [1.82, 2.24) is 0 Å². The van der Waals surface area contributed by atoms with E-state index in [1.165, 1.54) is 167 Å². The maximum absolute atomic E-state index is 11.7. The first kappa shape index (κ1) is 36.2. The number of carbonyl (C=O) groups is 1. The van der Waals surface area contributed by atoms with Crippen molar-refractivity contribution in [2.24, 2.45) is 0 Å². The Morgan fingerprint density at radius 2 is 0.730 bits per heavy atom. The van der Waals surface area contributed by atoms with E-state index in [0.717, 1.165) is 19.3 Å². The number of hydrogen-bond acceptors (Lipinski definition) is 2. The fourth-order valence-electron chi connectivity index (χ4n) is 5.17. The number of rotatable bonds is 31. The third kappa shape index (κ3) is 33.2. The average molecular weight is 521 g/mol. The molecular weight excluding hydrogens is 452 g/mol. The number of allylic oxidation sites excluding steroid dienone is 1. The van der Waals surface area contributed by atoms with Crippen LogP contribution in [0.25, 0.3) is 0 Å². The normalized spacial score (nSPS) is 11.5. The molecule has 0 aromatic carbocycles. The van der Waals surface area contributed by atoms with Gasteiger partial charge in [0.25, 0.3) is 0 Å². The molecule has 0 saturated heterocycles. The average Bonchev–Trinajstić information content (AvgIpc) is 2.90. The van der Waals surface area contributed by atoms with Gasteiger partial charge < -0.3 is 4.74 Å². The standard InChI is InChI=1S/C35H68O2/c1-3-5-7-9-11-12-13-14-15-16-17-18-19-20-21-22-23-24-25-26-27-28-29-31-33-35(36)37-34-32-30-10-8-6-4-2/h32,34H,3-31,33H2,1-2H3/b34-32+. The lowest BCUT2D eigenvalue weighted by atomic mass is 10.0. The predicted molar refractivity (Wildman–Crippen MR) is 165 cm³/mol. The third-order valence-corrected chi connectivity index (χ3v) is 7.75. The summed E-state index contributed by atoms with van der Waals surface area (Å²) >= 11 is 0. The van der Waals surface area contributed by atoms with E-state index < -0.39 is 0 Å². The Morgan fingerprint density at radius 3 is 1.08 bits per heavy atom. The fourth-order valence-corrected chi connectivity index (χ4v) is 5.17. The van der Waals surface area contributed by atoms with Crippen LogP contribution in [-0.2, 0) is 9.53 Å². The first-order chi connectivity index (χ1) is 18.3. The molecule has 0 aromatic rings. The van der Waals surface area contributed by atoms with Crippen LogP contribution in [0.4, 0.5) is 0 Å². The van der Waals surface area contributed by atoms with Gasteiger partial charge in [0.15, 0.2) is 0 Å². The highest BCUT2D eigenvalue weighted by Crippen LogP contribution is 2.16. The van der Waals surface area contributed by atoms with Crippen LogP contribution in [0.3, 0.4) is 0 Å². The number of hydrogen-bond donors (Lipinski definition) is 0. The summed E-state index contributed by atoms with van der Waals surface area (Å²) in [7, 11) is 0. The Hall–Kier alpha value is -0.790. The van der Waals surface area contributed by atoms with Gasteiger partial charge in [0, 0.05) is 6.42 Å². The summed E-state index contributed by atoms with van der Waals surface area (Å²) in [6.07, 6.45) is 43.8. The Morgan fingerprint density at radius 1 is 0.432 bits per heavy atom. The number of ether oxygens (including phenoxy) is 1. The van der Waals surface area contributed by atoms with E-state index in [1.807, 2.05) is 6.08 Å². The summed E-state index contributed by atoms with van der Waals surface area (Å²) in [4.78, 5) is 11.7. The van der Waals surface area contributed by atoms with Gasteiger partial charge in [-0.2, -0.15) is 0 Å². The zero-order chi connectivity index (χ0) is 26.9. The minimum Gasteiger partial charge on any atom is -0.435 e. The molecule has 0 atom stereocenters. The van der Waals surface area contributed by atoms with E-state index in [2.05, 4.69) is 13.8 Å². The molecule has 0 aliphatic heterocycles. The van der Waals surface area contributed by atoms with Gasteiger partial charge in [-0.05, 0) is 25.3 Å². The Labute approximate surface area is 234 Å². The lowest BCUT2D eigenvalue weighted by molar-refractivity contribution is -0.138. The monoisotopic (exact) mass is 521 g/mol. The van der Waals surface area contributed by atoms with Gasteiger partial charge in [-0.25, -0.2) is 0 Å². The minimum atomic E-state index is -0.0661. The van der Waals surface area contributed by atoms with Crippen molar-refractivity contribution in [3.05, 3.63) is 12.3 Å². The largest absolute Gasteiger partial charge is 0.435 e. The van der Waals surface area contributed by atoms with Crippen molar-refractivity contribution >= 4 is 5.97 Å². The van der Waals surface area contributed by atoms with Crippen molar-refractivity contribution in [2.75, 3.05) is 0 Å². The molecule has 0 bridgehead atoms. The minimum absolute atomic E-state index is 0.0661. The van der Waals surface area contributed by atoms with Gasteiger partial charge in [0.05, 0.1) is 6.26 Å². The molecule has 0 N–H and O–H groups in total. The third-order valence-electron chi connectivity index (χ3n) is 7.75. The molecule has 0 fully saturated rings. The lowest BCUT2D eigenvalue weighted by Crippen LogP contribution is -1.98. The maximum Gasteiger partial charge on any atom is 0.310 e. The Balaban J connectivity index is 3.13. The summed E-state index contributed by atoms with van der Waals surface area (Å²) in [6, 6.07) is 0. The predicted octanol–water partition coefficient (Wildman–Crippen LogP) is 12.8. The molecule has 220 valence electrons. The van der Waals surface area contributed by atoms with Crippen LogP contribution in [0.2, 0.25) is 0 Å². The molecule has 0 heterocycles. The molecule has 2 nitrogen and oxygen atoms in total. The SMILES string of the molecule is CCCCCC/C=C/OC(=O)CCCCCCCCCCCCCCCCCCCCCCCCCC. The molecular formula is C35H68O2. The molecule has 0 saturated carbocycles. The second-order valence-corrected chi connectivity index (χ2v) is 11.6. The zero-order valence-electron chi connectivity index (χ0n) is 25.7. The van der Waals surface area contributed by atoms with E-state index in [9.17, 15) is 4.79 Å². The van der Waals surface area contributed by atoms with Gasteiger partial charge in [-0.3, -0.25) is 4.79 Å². The molecule has 0 spiro atoms. The second-order valence-electron chi connectivity index (χ2n) is 11.6. The fraction of sp³-hybridized carbons (Fsp3) is 0.914. The summed E-state index contributed by atoms with van der Waals surface area (Å²) in [5.74, 6) is -0.0661. The molecule has 0 unspecified atom stereocenters. The van der Waals surface area contributed by atoms with Crippen molar-refractivity contribution in [1.29, 1.82) is 0 Å². The highest BCUT2D eigenvalue weighted by atomic mass is 16.5. The van der Waals surface area contributed by atoms with Gasteiger partial charge in [-0.1, -0.05) is 181 Å². The molecule has 0 radical (unpaired) electrons. The van der Waals surface area contributed by atoms with Crippen LogP contribution >= 0.6 is 0 Å². The van der Waals surface area contributed by atoms with Crippen LogP contribution in [0.1, 0.15) is 206 Å². The highest BCUT2D eigenvalue weighted by Gasteiger charge is 2.01. The first-order valence-corrected chi connectivity index (χ1v) is 17.2. The van der Waals surface area contributed by atoms with Crippen LogP contribution in [0.5, 0.6) is 0 Å². The van der Waals surface area contributed by atoms with Crippen molar-refractivity contribution in [3.63, 3.8) is 0 Å². The quantitative estimate of drug-likeness (QED) is 0.0516. The molecule has 2 heteroatoms. The number of esters is 1. The van der Waals surface area contributed by atoms with E-state index in [4.69, 9.17) is 4.74 Å². The van der Waals surface area contributed by atoms with Crippen molar-refractivity contribution in [2.45, 2.75) is 206 Å². The Bertz CT molecular complexity index is 456. The van der Waals surface area contributed by atoms with E-state index in [0.29, 0.717) is 6.42 Å². The van der Waals surface area contributed by atoms with Gasteiger partial charge >= 0.3 is 5.97 Å². The topological polar surface area (TPSA) is 26.3 Å². The molecule has 0 amide bonds. The molecule has 0 aliphatic rings. The summed E-state index contributed by atoms with van der Waals surface area (Å²) in [5.41, 5.74) is 0. The Kier molecular flexibility index (Phi) is 32.5. The number of carbonyl (C=O) groups excluding carboxylic acids is 1. The zero-order valence-corrected chi connectivity index (χ0v) is 25.7. The van der Waals surface area contributed by atoms with Gasteiger partial charge in [0.2, 0.25) is 0 Å². The molecule has 37 heavy (non-hydrogen) atoms. The highest BCUT2D eigenvalue weighted by molar-refractivity contribution is 5.69. The summed E-state index contributed by atoms with van der Waals surface area (Å²) < 4.78 is 5.18. The van der Waals surface area contributed by atoms with Crippen LogP contribution in [0, 0.1) is 0 Å². The van der Waals surface area contributed by atoms with Crippen molar-refractivity contribution in [3.8, 4) is 0 Å². The molecule has 0 rings (SSSR count). The van der Waals surface area contributed by atoms with Crippen LogP contribution < -0.4 is 0 Å². The van der Waals surface area contributed by atoms with Gasteiger partial charge in [-0.15, -0.1) is 0 Å². The first-order valence-electron chi connectivity index (χ1n) is 17.2. The second kappa shape index (κ2) is 33.2. The lowest BCUT2D eigenvalue weighted by Gasteiger charge is -2.04.